The molecule has 0 aromatic carbocycles. The van der Waals surface area contributed by atoms with Crippen LogP contribution in [-0.2, 0) is 0 Å². The van der Waals surface area contributed by atoms with Crippen molar-refractivity contribution in [2.75, 3.05) is 18.0 Å². The van der Waals surface area contributed by atoms with Gasteiger partial charge in [0, 0.05) is 13.1 Å². The number of carbonyl (C=O) groups is 1. The van der Waals surface area contributed by atoms with E-state index in [1.165, 1.54) is 0 Å². The Bertz CT molecular complexity index is 424. The molecule has 0 saturated carbocycles. The first-order chi connectivity index (χ1) is 8.56. The second kappa shape index (κ2) is 5.44. The fourth-order valence-corrected chi connectivity index (χ4v) is 2.32. The zero-order chi connectivity index (χ0) is 13.1. The number of amides is 1. The molecular formula is C12H16ClN3O2. The molecule has 18 heavy (non-hydrogen) atoms. The molecule has 1 aliphatic heterocycles. The maximum absolute atomic E-state index is 10.7. The first kappa shape index (κ1) is 13.0. The van der Waals surface area contributed by atoms with Crippen LogP contribution in [0.4, 0.5) is 10.5 Å². The third-order valence-corrected chi connectivity index (χ3v) is 3.57. The molecule has 1 amide bonds. The van der Waals surface area contributed by atoms with Gasteiger partial charge in [0.15, 0.2) is 0 Å². The molecule has 2 heterocycles. The fourth-order valence-electron chi connectivity index (χ4n) is 2.21. The van der Waals surface area contributed by atoms with Crippen molar-refractivity contribution in [1.29, 1.82) is 0 Å². The molecule has 2 atom stereocenters. The second-order valence-corrected chi connectivity index (χ2v) is 4.99. The Kier molecular flexibility index (Phi) is 3.91. The van der Waals surface area contributed by atoms with Gasteiger partial charge in [0.2, 0.25) is 0 Å². The van der Waals surface area contributed by atoms with E-state index in [9.17, 15) is 4.79 Å². The van der Waals surface area contributed by atoms with Crippen molar-refractivity contribution in [3.8, 4) is 0 Å². The summed E-state index contributed by atoms with van der Waals surface area (Å²) < 4.78 is 0. The molecule has 2 rings (SSSR count). The minimum atomic E-state index is -0.970. The Balaban J connectivity index is 2.06. The van der Waals surface area contributed by atoms with Gasteiger partial charge in [-0.1, -0.05) is 18.5 Å². The van der Waals surface area contributed by atoms with Crippen LogP contribution in [0.2, 0.25) is 5.15 Å². The van der Waals surface area contributed by atoms with E-state index in [1.54, 1.807) is 12.3 Å². The lowest BCUT2D eigenvalue weighted by molar-refractivity contribution is 0.182. The van der Waals surface area contributed by atoms with E-state index in [1.807, 2.05) is 6.07 Å². The third kappa shape index (κ3) is 3.04. The summed E-state index contributed by atoms with van der Waals surface area (Å²) in [6.07, 6.45) is 1.70. The predicted octanol–water partition coefficient (Wildman–Crippen LogP) is 2.22. The highest BCUT2D eigenvalue weighted by atomic mass is 35.5. The van der Waals surface area contributed by atoms with Gasteiger partial charge in [-0.25, -0.2) is 9.78 Å². The lowest BCUT2D eigenvalue weighted by Gasteiger charge is -2.38. The molecule has 5 nitrogen and oxygen atoms in total. The Morgan fingerprint density at radius 3 is 3.00 bits per heavy atom. The van der Waals surface area contributed by atoms with Crippen LogP contribution in [0.15, 0.2) is 18.3 Å². The van der Waals surface area contributed by atoms with E-state index in [2.05, 4.69) is 22.1 Å². The maximum atomic E-state index is 10.7. The van der Waals surface area contributed by atoms with Gasteiger partial charge in [-0.05, 0) is 24.5 Å². The van der Waals surface area contributed by atoms with Crippen molar-refractivity contribution in [3.63, 3.8) is 0 Å². The molecule has 1 aromatic heterocycles. The summed E-state index contributed by atoms with van der Waals surface area (Å²) in [6, 6.07) is 3.60. The summed E-state index contributed by atoms with van der Waals surface area (Å²) in [7, 11) is 0. The smallest absolute Gasteiger partial charge is 0.404 e. The summed E-state index contributed by atoms with van der Waals surface area (Å²) in [5.74, 6) is 0.345. The highest BCUT2D eigenvalue weighted by molar-refractivity contribution is 6.29. The Hall–Kier alpha value is -1.49. The minimum absolute atomic E-state index is 0.0491. The van der Waals surface area contributed by atoms with Crippen LogP contribution < -0.4 is 10.2 Å². The molecule has 0 unspecified atom stereocenters. The van der Waals surface area contributed by atoms with Crippen molar-refractivity contribution in [2.45, 2.75) is 19.4 Å². The van der Waals surface area contributed by atoms with Crippen LogP contribution in [0.1, 0.15) is 13.3 Å². The normalized spacial score (nSPS) is 23.8. The SMILES string of the molecule is C[C@H]1CCN(c2ccc(Cl)nc2)C[C@@H]1NC(=O)O. The van der Waals surface area contributed by atoms with Crippen molar-refractivity contribution >= 4 is 23.4 Å². The standard InChI is InChI=1S/C12H16ClN3O2/c1-8-4-5-16(7-10(8)15-12(17)18)9-2-3-11(13)14-6-9/h2-3,6,8,10,15H,4-5,7H2,1H3,(H,17,18)/t8-,10-/m0/s1. The quantitative estimate of drug-likeness (QED) is 0.808. The lowest BCUT2D eigenvalue weighted by atomic mass is 9.93. The van der Waals surface area contributed by atoms with Gasteiger partial charge < -0.3 is 15.3 Å². The van der Waals surface area contributed by atoms with Crippen LogP contribution in [0.3, 0.4) is 0 Å². The molecule has 1 saturated heterocycles. The number of piperidine rings is 1. The van der Waals surface area contributed by atoms with Crippen molar-refractivity contribution in [1.82, 2.24) is 10.3 Å². The minimum Gasteiger partial charge on any atom is -0.465 e. The molecule has 1 aromatic rings. The number of halogens is 1. The first-order valence-corrected chi connectivity index (χ1v) is 6.30. The van der Waals surface area contributed by atoms with Gasteiger partial charge in [-0.2, -0.15) is 0 Å². The van der Waals surface area contributed by atoms with Crippen molar-refractivity contribution in [2.24, 2.45) is 5.92 Å². The van der Waals surface area contributed by atoms with Crippen molar-refractivity contribution < 1.29 is 9.90 Å². The van der Waals surface area contributed by atoms with Gasteiger partial charge in [0.05, 0.1) is 17.9 Å². The molecule has 0 bridgehead atoms. The largest absolute Gasteiger partial charge is 0.465 e. The number of nitrogens with zero attached hydrogens (tertiary/aromatic N) is 2. The summed E-state index contributed by atoms with van der Waals surface area (Å²) in [5, 5.41) is 11.9. The Morgan fingerprint density at radius 2 is 2.39 bits per heavy atom. The number of aromatic nitrogens is 1. The van der Waals surface area contributed by atoms with Gasteiger partial charge in [0.25, 0.3) is 0 Å². The predicted molar refractivity (Wildman–Crippen MR) is 70.2 cm³/mol. The molecule has 0 spiro atoms. The van der Waals surface area contributed by atoms with E-state index < -0.39 is 6.09 Å². The molecule has 0 aliphatic carbocycles. The Labute approximate surface area is 111 Å². The maximum Gasteiger partial charge on any atom is 0.404 e. The molecule has 0 radical (unpaired) electrons. The van der Waals surface area contributed by atoms with Gasteiger partial charge in [0.1, 0.15) is 5.15 Å². The van der Waals surface area contributed by atoms with E-state index in [0.29, 0.717) is 17.6 Å². The number of carboxylic acid groups (broad SMARTS) is 1. The van der Waals surface area contributed by atoms with E-state index in [-0.39, 0.29) is 6.04 Å². The van der Waals surface area contributed by atoms with Crippen LogP contribution in [-0.4, -0.2) is 35.3 Å². The molecule has 1 aliphatic rings. The van der Waals surface area contributed by atoms with Gasteiger partial charge in [-0.15, -0.1) is 0 Å². The highest BCUT2D eigenvalue weighted by Gasteiger charge is 2.27. The monoisotopic (exact) mass is 269 g/mol. The second-order valence-electron chi connectivity index (χ2n) is 4.61. The van der Waals surface area contributed by atoms with Gasteiger partial charge in [-0.3, -0.25) is 0 Å². The number of pyridine rings is 1. The Morgan fingerprint density at radius 1 is 1.61 bits per heavy atom. The zero-order valence-corrected chi connectivity index (χ0v) is 10.9. The van der Waals surface area contributed by atoms with Crippen LogP contribution in [0.5, 0.6) is 0 Å². The van der Waals surface area contributed by atoms with Gasteiger partial charge >= 0.3 is 6.09 Å². The van der Waals surface area contributed by atoms with E-state index in [0.717, 1.165) is 18.7 Å². The number of nitrogens with one attached hydrogen (secondary N) is 1. The van der Waals surface area contributed by atoms with E-state index >= 15 is 0 Å². The molecular weight excluding hydrogens is 254 g/mol. The molecule has 6 heteroatoms. The lowest BCUT2D eigenvalue weighted by Crippen LogP contribution is -2.51. The summed E-state index contributed by atoms with van der Waals surface area (Å²) in [6.45, 7) is 3.64. The summed E-state index contributed by atoms with van der Waals surface area (Å²) >= 11 is 5.75. The number of hydrogen-bond acceptors (Lipinski definition) is 3. The van der Waals surface area contributed by atoms with Crippen molar-refractivity contribution in [3.05, 3.63) is 23.5 Å². The molecule has 2 N–H and O–H groups in total. The molecule has 98 valence electrons. The zero-order valence-electron chi connectivity index (χ0n) is 10.1. The fraction of sp³-hybridized carbons (Fsp3) is 0.500. The van der Waals surface area contributed by atoms with E-state index in [4.69, 9.17) is 16.7 Å². The van der Waals surface area contributed by atoms with Crippen LogP contribution >= 0.6 is 11.6 Å². The third-order valence-electron chi connectivity index (χ3n) is 3.34. The summed E-state index contributed by atoms with van der Waals surface area (Å²) in [5.41, 5.74) is 0.975. The number of hydrogen-bond donors (Lipinski definition) is 2. The van der Waals surface area contributed by atoms with Crippen LogP contribution in [0.25, 0.3) is 0 Å². The molecule has 1 fully saturated rings. The first-order valence-electron chi connectivity index (χ1n) is 5.92. The average molecular weight is 270 g/mol. The average Bonchev–Trinajstić information content (AvgIpc) is 2.32. The van der Waals surface area contributed by atoms with Crippen LogP contribution in [0, 0.1) is 5.92 Å². The number of anilines is 1. The summed E-state index contributed by atoms with van der Waals surface area (Å²) in [4.78, 5) is 16.9. The topological polar surface area (TPSA) is 65.5 Å². The number of rotatable bonds is 2. The highest BCUT2D eigenvalue weighted by Crippen LogP contribution is 2.23.